The second kappa shape index (κ2) is 7.83. The Morgan fingerprint density at radius 1 is 1.08 bits per heavy atom. The largest absolute Gasteiger partial charge is 0.287 e. The first-order valence-corrected chi connectivity index (χ1v) is 10.5. The van der Waals surface area contributed by atoms with E-state index in [1.807, 2.05) is 18.2 Å². The van der Waals surface area contributed by atoms with Crippen LogP contribution in [0.15, 0.2) is 54.6 Å². The van der Waals surface area contributed by atoms with Crippen LogP contribution in [-0.4, -0.2) is 43.8 Å². The van der Waals surface area contributed by atoms with Crippen molar-refractivity contribution in [3.63, 3.8) is 0 Å². The van der Waals surface area contributed by atoms with Gasteiger partial charge in [0.1, 0.15) is 6.54 Å². The van der Waals surface area contributed by atoms with Crippen LogP contribution in [0.25, 0.3) is 0 Å². The maximum absolute atomic E-state index is 12.6. The molecule has 1 aliphatic heterocycles. The second-order valence-electron chi connectivity index (χ2n) is 6.63. The van der Waals surface area contributed by atoms with Gasteiger partial charge in [-0.1, -0.05) is 30.3 Å². The van der Waals surface area contributed by atoms with Gasteiger partial charge >= 0.3 is 0 Å². The fourth-order valence-electron chi connectivity index (χ4n) is 3.22. The first kappa shape index (κ1) is 18.3. The highest BCUT2D eigenvalue weighted by molar-refractivity contribution is 7.92. The van der Waals surface area contributed by atoms with Crippen LogP contribution in [-0.2, 0) is 16.4 Å². The van der Waals surface area contributed by atoms with Gasteiger partial charge in [-0.15, -0.1) is 0 Å². The first-order chi connectivity index (χ1) is 12.4. The van der Waals surface area contributed by atoms with E-state index in [1.165, 1.54) is 11.3 Å². The minimum atomic E-state index is -3.31. The van der Waals surface area contributed by atoms with Crippen molar-refractivity contribution in [1.29, 1.82) is 0 Å². The van der Waals surface area contributed by atoms with E-state index in [1.54, 1.807) is 24.3 Å². The fraction of sp³-hybridized carbons (Fsp3) is 0.300. The number of ketones is 1. The first-order valence-electron chi connectivity index (χ1n) is 8.65. The molecule has 0 saturated carbocycles. The summed E-state index contributed by atoms with van der Waals surface area (Å²) in [5, 5.41) is 0. The Hall–Kier alpha value is -2.47. The highest BCUT2D eigenvalue weighted by Crippen LogP contribution is 2.14. The molecule has 0 amide bonds. The van der Waals surface area contributed by atoms with Crippen molar-refractivity contribution in [1.82, 2.24) is 0 Å². The molecule has 0 unspecified atom stereocenters. The monoisotopic (exact) mass is 371 g/mol. The van der Waals surface area contributed by atoms with Gasteiger partial charge in [0.2, 0.25) is 22.4 Å². The van der Waals surface area contributed by atoms with Gasteiger partial charge in [-0.3, -0.25) is 9.52 Å². The lowest BCUT2D eigenvalue weighted by Gasteiger charge is -2.06. The van der Waals surface area contributed by atoms with Gasteiger partial charge < -0.3 is 0 Å². The minimum Gasteiger partial charge on any atom is -0.287 e. The Labute approximate surface area is 154 Å². The third-order valence-corrected chi connectivity index (χ3v) is 5.04. The van der Waals surface area contributed by atoms with Gasteiger partial charge in [-0.25, -0.2) is 13.0 Å². The lowest BCUT2D eigenvalue weighted by molar-refractivity contribution is -0.507. The van der Waals surface area contributed by atoms with Crippen LogP contribution in [0.5, 0.6) is 0 Å². The number of hydrogen-bond acceptors (Lipinski definition) is 3. The molecule has 0 spiro atoms. The summed E-state index contributed by atoms with van der Waals surface area (Å²) < 4.78 is 27.1. The summed E-state index contributed by atoms with van der Waals surface area (Å²) in [7, 11) is -3.31. The van der Waals surface area contributed by atoms with E-state index in [4.69, 9.17) is 0 Å². The lowest BCUT2D eigenvalue weighted by atomic mass is 10.1. The number of nitrogens with zero attached hydrogens (tertiary/aromatic N) is 1. The molecule has 2 aromatic carbocycles. The van der Waals surface area contributed by atoms with Crippen molar-refractivity contribution >= 4 is 27.2 Å². The van der Waals surface area contributed by atoms with Crippen LogP contribution in [0.2, 0.25) is 0 Å². The number of rotatable bonds is 7. The van der Waals surface area contributed by atoms with E-state index in [-0.39, 0.29) is 5.78 Å². The summed E-state index contributed by atoms with van der Waals surface area (Å²) in [6.45, 7) is 1.27. The van der Waals surface area contributed by atoms with Gasteiger partial charge in [0.15, 0.2) is 5.71 Å². The van der Waals surface area contributed by atoms with E-state index in [2.05, 4.69) is 21.4 Å². The predicted octanol–water partition coefficient (Wildman–Crippen LogP) is 2.73. The maximum atomic E-state index is 12.6. The molecule has 0 atom stereocenters. The average Bonchev–Trinajstić information content (AvgIpc) is 3.02. The standard InChI is InChI=1S/C20H22N2O3S/c1-26(24,25)21-18-11-9-17(10-12-18)20(23)15-22-13-5-8-19(22)14-16-6-3-2-4-7-16/h2-4,6-7,9-12H,5,8,13-15H2,1H3/p+1. The van der Waals surface area contributed by atoms with Crippen LogP contribution < -0.4 is 4.72 Å². The van der Waals surface area contributed by atoms with Gasteiger partial charge in [-0.2, -0.15) is 0 Å². The molecule has 1 heterocycles. The van der Waals surface area contributed by atoms with Crippen molar-refractivity contribution < 1.29 is 17.8 Å². The van der Waals surface area contributed by atoms with Crippen molar-refractivity contribution in [3.8, 4) is 0 Å². The maximum Gasteiger partial charge on any atom is 0.229 e. The van der Waals surface area contributed by atoms with E-state index in [0.29, 0.717) is 17.8 Å². The Morgan fingerprint density at radius 3 is 2.42 bits per heavy atom. The zero-order chi connectivity index (χ0) is 18.6. The van der Waals surface area contributed by atoms with Crippen LogP contribution >= 0.6 is 0 Å². The number of hydrogen-bond donors (Lipinski definition) is 1. The van der Waals surface area contributed by atoms with Crippen LogP contribution in [0.1, 0.15) is 28.8 Å². The highest BCUT2D eigenvalue weighted by Gasteiger charge is 2.25. The highest BCUT2D eigenvalue weighted by atomic mass is 32.2. The summed E-state index contributed by atoms with van der Waals surface area (Å²) in [4.78, 5) is 12.6. The molecule has 0 radical (unpaired) electrons. The van der Waals surface area contributed by atoms with E-state index >= 15 is 0 Å². The third-order valence-electron chi connectivity index (χ3n) is 4.44. The lowest BCUT2D eigenvalue weighted by Crippen LogP contribution is -2.24. The molecular weight excluding hydrogens is 348 g/mol. The average molecular weight is 371 g/mol. The number of Topliss-reactive ketones (excluding diaryl/α,β-unsaturated/α-hetero) is 1. The minimum absolute atomic E-state index is 0.0448. The number of carbonyl (C=O) groups excluding carboxylic acids is 1. The summed E-state index contributed by atoms with van der Waals surface area (Å²) in [5.74, 6) is 0.0448. The summed E-state index contributed by atoms with van der Waals surface area (Å²) >= 11 is 0. The van der Waals surface area contributed by atoms with Crippen LogP contribution in [0, 0.1) is 0 Å². The molecule has 5 nitrogen and oxygen atoms in total. The number of nitrogens with one attached hydrogen (secondary N) is 1. The zero-order valence-electron chi connectivity index (χ0n) is 14.8. The number of anilines is 1. The molecule has 0 saturated heterocycles. The van der Waals surface area contributed by atoms with Gasteiger partial charge in [0.05, 0.1) is 12.7 Å². The van der Waals surface area contributed by atoms with Crippen molar-refractivity contribution in [2.24, 2.45) is 0 Å². The molecule has 0 aromatic heterocycles. The molecule has 0 fully saturated rings. The quantitative estimate of drug-likeness (QED) is 0.601. The topological polar surface area (TPSA) is 66.2 Å². The van der Waals surface area contributed by atoms with Crippen molar-refractivity contribution in [2.75, 3.05) is 24.1 Å². The summed E-state index contributed by atoms with van der Waals surface area (Å²) in [6, 6.07) is 16.9. The number of sulfonamides is 1. The summed E-state index contributed by atoms with van der Waals surface area (Å²) in [6.07, 6.45) is 4.08. The normalized spacial score (nSPS) is 14.5. The molecule has 2 aromatic rings. The van der Waals surface area contributed by atoms with Crippen LogP contribution in [0.3, 0.4) is 0 Å². The molecule has 136 valence electrons. The smallest absolute Gasteiger partial charge is 0.229 e. The Morgan fingerprint density at radius 2 is 1.77 bits per heavy atom. The molecule has 1 aliphatic rings. The molecular formula is C20H23N2O3S+. The third kappa shape index (κ3) is 5.02. The number of benzene rings is 2. The molecule has 3 rings (SSSR count). The van der Waals surface area contributed by atoms with E-state index in [9.17, 15) is 13.2 Å². The van der Waals surface area contributed by atoms with E-state index < -0.39 is 10.0 Å². The summed E-state index contributed by atoms with van der Waals surface area (Å²) in [5.41, 5.74) is 3.62. The van der Waals surface area contributed by atoms with Gasteiger partial charge in [-0.05, 0) is 29.8 Å². The number of carbonyl (C=O) groups is 1. The van der Waals surface area contributed by atoms with E-state index in [0.717, 1.165) is 32.1 Å². The fourth-order valence-corrected chi connectivity index (χ4v) is 3.78. The Bertz CT molecular complexity index is 917. The SMILES string of the molecule is CS(=O)(=O)Nc1ccc(C(=O)C[N+]2=C(Cc3ccccc3)CCC2)cc1. The van der Waals surface area contributed by atoms with Gasteiger partial charge in [0.25, 0.3) is 0 Å². The predicted molar refractivity (Wildman–Crippen MR) is 104 cm³/mol. The molecule has 0 bridgehead atoms. The second-order valence-corrected chi connectivity index (χ2v) is 8.38. The van der Waals surface area contributed by atoms with Gasteiger partial charge in [0, 0.05) is 24.1 Å². The molecule has 0 aliphatic carbocycles. The molecule has 1 N–H and O–H groups in total. The Balaban J connectivity index is 1.69. The van der Waals surface area contributed by atoms with Crippen molar-refractivity contribution in [3.05, 3.63) is 65.7 Å². The molecule has 6 heteroatoms. The Kier molecular flexibility index (Phi) is 5.52. The van der Waals surface area contributed by atoms with Crippen molar-refractivity contribution in [2.45, 2.75) is 19.3 Å². The van der Waals surface area contributed by atoms with Crippen LogP contribution in [0.4, 0.5) is 5.69 Å². The molecule has 26 heavy (non-hydrogen) atoms. The zero-order valence-corrected chi connectivity index (χ0v) is 15.6.